The summed E-state index contributed by atoms with van der Waals surface area (Å²) in [5.41, 5.74) is 5.40. The molecular weight excluding hydrogens is 190 g/mol. The lowest BCUT2D eigenvalue weighted by atomic mass is 10.2. The number of amides is 1. The van der Waals surface area contributed by atoms with E-state index in [-0.39, 0.29) is 0 Å². The molecule has 0 aromatic rings. The smallest absolute Gasteiger partial charge is 0.222 e. The van der Waals surface area contributed by atoms with Crippen LogP contribution in [0.2, 0.25) is 0 Å². The van der Waals surface area contributed by atoms with Gasteiger partial charge in [0.25, 0.3) is 0 Å². The number of hydrogen-bond donors (Lipinski definition) is 1. The number of nitrogens with two attached hydrogens (primary N) is 1. The summed E-state index contributed by atoms with van der Waals surface area (Å²) in [4.78, 5) is 15.9. The van der Waals surface area contributed by atoms with Crippen molar-refractivity contribution >= 4 is 5.91 Å². The van der Waals surface area contributed by atoms with Crippen LogP contribution in [0.4, 0.5) is 0 Å². The summed E-state index contributed by atoms with van der Waals surface area (Å²) in [6.07, 6.45) is 3.65. The molecule has 15 heavy (non-hydrogen) atoms. The highest BCUT2D eigenvalue weighted by molar-refractivity contribution is 5.76. The average molecular weight is 213 g/mol. The molecule has 1 amide bonds. The lowest BCUT2D eigenvalue weighted by molar-refractivity contribution is -0.130. The van der Waals surface area contributed by atoms with E-state index in [1.165, 1.54) is 0 Å². The van der Waals surface area contributed by atoms with Crippen LogP contribution >= 0.6 is 0 Å². The highest BCUT2D eigenvalue weighted by Crippen LogP contribution is 2.14. The number of likely N-dealkylation sites (N-methyl/N-ethyl adjacent to an activating group) is 1. The van der Waals surface area contributed by atoms with Crippen molar-refractivity contribution in [3.05, 3.63) is 0 Å². The monoisotopic (exact) mass is 213 g/mol. The van der Waals surface area contributed by atoms with Gasteiger partial charge < -0.3 is 15.5 Å². The predicted octanol–water partition coefficient (Wildman–Crippen LogP) is 0.278. The highest BCUT2D eigenvalue weighted by Gasteiger charge is 2.26. The number of carbonyl (C=O) groups is 1. The second kappa shape index (κ2) is 6.08. The van der Waals surface area contributed by atoms with Gasteiger partial charge in [0.05, 0.1) is 0 Å². The average Bonchev–Trinajstić information content (AvgIpc) is 2.66. The number of rotatable bonds is 5. The van der Waals surface area contributed by atoms with Gasteiger partial charge in [-0.3, -0.25) is 4.79 Å². The fourth-order valence-corrected chi connectivity index (χ4v) is 1.97. The summed E-state index contributed by atoms with van der Waals surface area (Å²) in [6, 6.07) is 0.545. The number of likely N-dealkylation sites (tertiary alicyclic amines) is 1. The number of unbranched alkanes of at least 4 members (excludes halogenated alkanes) is 1. The summed E-state index contributed by atoms with van der Waals surface area (Å²) >= 11 is 0. The zero-order valence-corrected chi connectivity index (χ0v) is 9.91. The minimum Gasteiger partial charge on any atom is -0.341 e. The van der Waals surface area contributed by atoms with E-state index >= 15 is 0 Å². The zero-order valence-electron chi connectivity index (χ0n) is 9.91. The molecule has 0 bridgehead atoms. The van der Waals surface area contributed by atoms with Gasteiger partial charge in [-0.2, -0.15) is 0 Å². The van der Waals surface area contributed by atoms with E-state index in [9.17, 15) is 4.79 Å². The van der Waals surface area contributed by atoms with Crippen LogP contribution in [0.1, 0.15) is 25.7 Å². The van der Waals surface area contributed by atoms with E-state index in [2.05, 4.69) is 19.0 Å². The Hall–Kier alpha value is -0.610. The minimum atomic E-state index is 0.299. The second-order valence-electron chi connectivity index (χ2n) is 4.49. The molecular formula is C11H23N3O. The van der Waals surface area contributed by atoms with Crippen LogP contribution in [0.5, 0.6) is 0 Å². The van der Waals surface area contributed by atoms with Gasteiger partial charge in [-0.1, -0.05) is 0 Å². The normalized spacial score (nSPS) is 21.3. The molecule has 0 saturated carbocycles. The predicted molar refractivity (Wildman–Crippen MR) is 61.6 cm³/mol. The molecule has 0 aromatic carbocycles. The van der Waals surface area contributed by atoms with Gasteiger partial charge in [0.1, 0.15) is 0 Å². The van der Waals surface area contributed by atoms with Crippen molar-refractivity contribution in [2.45, 2.75) is 31.7 Å². The van der Waals surface area contributed by atoms with Crippen LogP contribution in [-0.2, 0) is 4.79 Å². The molecule has 1 heterocycles. The summed E-state index contributed by atoms with van der Waals surface area (Å²) in [6.45, 7) is 2.51. The Balaban J connectivity index is 2.24. The molecule has 88 valence electrons. The molecule has 1 saturated heterocycles. The Bertz CT molecular complexity index is 206. The summed E-state index contributed by atoms with van der Waals surface area (Å²) < 4.78 is 0. The van der Waals surface area contributed by atoms with Gasteiger partial charge in [-0.05, 0) is 39.9 Å². The Morgan fingerprint density at radius 2 is 2.20 bits per heavy atom. The highest BCUT2D eigenvalue weighted by atomic mass is 16.2. The summed E-state index contributed by atoms with van der Waals surface area (Å²) in [5, 5.41) is 0. The largest absolute Gasteiger partial charge is 0.341 e. The standard InChI is InChI=1S/C11H23N3O/c1-13(2)10-6-8-14(9-10)11(15)5-3-4-7-12/h10H,3-9,12H2,1-2H3. The van der Waals surface area contributed by atoms with Crippen LogP contribution in [0.15, 0.2) is 0 Å². The first-order valence-electron chi connectivity index (χ1n) is 5.79. The number of hydrogen-bond acceptors (Lipinski definition) is 3. The second-order valence-corrected chi connectivity index (χ2v) is 4.49. The summed E-state index contributed by atoms with van der Waals surface area (Å²) in [5.74, 6) is 0.299. The third-order valence-corrected chi connectivity index (χ3v) is 3.09. The first-order valence-corrected chi connectivity index (χ1v) is 5.79. The van der Waals surface area contributed by atoms with Crippen molar-refractivity contribution < 1.29 is 4.79 Å². The van der Waals surface area contributed by atoms with E-state index in [0.29, 0.717) is 24.9 Å². The van der Waals surface area contributed by atoms with E-state index in [1.807, 2.05) is 4.90 Å². The molecule has 2 N–H and O–H groups in total. The molecule has 1 rings (SSSR count). The third kappa shape index (κ3) is 3.80. The number of carbonyl (C=O) groups excluding carboxylic acids is 1. The SMILES string of the molecule is CN(C)C1CCN(C(=O)CCCCN)C1. The maximum Gasteiger partial charge on any atom is 0.222 e. The van der Waals surface area contributed by atoms with E-state index < -0.39 is 0 Å². The molecule has 4 nitrogen and oxygen atoms in total. The maximum atomic E-state index is 11.8. The molecule has 1 aliphatic heterocycles. The molecule has 1 fully saturated rings. The van der Waals surface area contributed by atoms with Crippen LogP contribution < -0.4 is 5.73 Å². The molecule has 1 unspecified atom stereocenters. The van der Waals surface area contributed by atoms with Crippen molar-refractivity contribution in [1.82, 2.24) is 9.80 Å². The molecule has 0 aromatic heterocycles. The van der Waals surface area contributed by atoms with Crippen LogP contribution in [0.3, 0.4) is 0 Å². The quantitative estimate of drug-likeness (QED) is 0.667. The molecule has 0 spiro atoms. The summed E-state index contributed by atoms with van der Waals surface area (Å²) in [7, 11) is 4.15. The molecule has 1 atom stereocenters. The van der Waals surface area contributed by atoms with Crippen LogP contribution in [0, 0.1) is 0 Å². The topological polar surface area (TPSA) is 49.6 Å². The lowest BCUT2D eigenvalue weighted by Gasteiger charge is -2.20. The molecule has 4 heteroatoms. The van der Waals surface area contributed by atoms with Crippen molar-refractivity contribution in [3.8, 4) is 0 Å². The van der Waals surface area contributed by atoms with Crippen LogP contribution in [-0.4, -0.2) is 55.5 Å². The Kier molecular flexibility index (Phi) is 5.05. The third-order valence-electron chi connectivity index (χ3n) is 3.09. The maximum absolute atomic E-state index is 11.8. The lowest BCUT2D eigenvalue weighted by Crippen LogP contribution is -2.34. The van der Waals surface area contributed by atoms with E-state index in [4.69, 9.17) is 5.73 Å². The van der Waals surface area contributed by atoms with Gasteiger partial charge in [0.2, 0.25) is 5.91 Å². The minimum absolute atomic E-state index is 0.299. The molecule has 0 radical (unpaired) electrons. The van der Waals surface area contributed by atoms with Crippen molar-refractivity contribution in [1.29, 1.82) is 0 Å². The van der Waals surface area contributed by atoms with E-state index in [0.717, 1.165) is 32.4 Å². The van der Waals surface area contributed by atoms with Gasteiger partial charge in [0, 0.05) is 25.6 Å². The van der Waals surface area contributed by atoms with Crippen LogP contribution in [0.25, 0.3) is 0 Å². The fraction of sp³-hybridized carbons (Fsp3) is 0.909. The van der Waals surface area contributed by atoms with Crippen molar-refractivity contribution in [2.24, 2.45) is 5.73 Å². The zero-order chi connectivity index (χ0) is 11.3. The van der Waals surface area contributed by atoms with Gasteiger partial charge in [0.15, 0.2) is 0 Å². The molecule has 1 aliphatic rings. The fourth-order valence-electron chi connectivity index (χ4n) is 1.97. The number of nitrogens with zero attached hydrogens (tertiary/aromatic N) is 2. The van der Waals surface area contributed by atoms with Gasteiger partial charge >= 0.3 is 0 Å². The Morgan fingerprint density at radius 1 is 1.47 bits per heavy atom. The van der Waals surface area contributed by atoms with E-state index in [1.54, 1.807) is 0 Å². The Labute approximate surface area is 92.4 Å². The molecule has 0 aliphatic carbocycles. The first-order chi connectivity index (χ1) is 7.15. The van der Waals surface area contributed by atoms with Crippen molar-refractivity contribution in [2.75, 3.05) is 33.7 Å². The van der Waals surface area contributed by atoms with Gasteiger partial charge in [-0.25, -0.2) is 0 Å². The Morgan fingerprint density at radius 3 is 2.73 bits per heavy atom. The van der Waals surface area contributed by atoms with Gasteiger partial charge in [-0.15, -0.1) is 0 Å². The first kappa shape index (κ1) is 12.5. The van der Waals surface area contributed by atoms with Crippen molar-refractivity contribution in [3.63, 3.8) is 0 Å².